The zero-order valence-corrected chi connectivity index (χ0v) is 9.40. The second-order valence-corrected chi connectivity index (χ2v) is 4.13. The van der Waals surface area contributed by atoms with E-state index in [0.29, 0.717) is 0 Å². The first-order chi connectivity index (χ1) is 8.32. The maximum Gasteiger partial charge on any atom is 0.128 e. The third-order valence-corrected chi connectivity index (χ3v) is 3.11. The van der Waals surface area contributed by atoms with Gasteiger partial charge in [-0.05, 0) is 39.3 Å². The van der Waals surface area contributed by atoms with E-state index in [1.54, 1.807) is 0 Å². The molecule has 1 heterocycles. The van der Waals surface area contributed by atoms with Crippen LogP contribution in [-0.2, 0) is 4.74 Å². The Morgan fingerprint density at radius 2 is 2.07 bits per heavy atom. The minimum atomic E-state index is -2.14. The Morgan fingerprint density at radius 1 is 1.33 bits per heavy atom. The molecule has 2 heteroatoms. The first-order valence-corrected chi connectivity index (χ1v) is 5.32. The highest BCUT2D eigenvalue weighted by molar-refractivity contribution is 5.54. The van der Waals surface area contributed by atoms with Gasteiger partial charge in [-0.1, -0.05) is 18.2 Å². The van der Waals surface area contributed by atoms with Gasteiger partial charge in [-0.25, -0.2) is 0 Å². The Bertz CT molecular complexity index is 432. The summed E-state index contributed by atoms with van der Waals surface area (Å²) in [6.07, 6.45) is -0.946. The Balaban J connectivity index is 2.42. The van der Waals surface area contributed by atoms with Crippen molar-refractivity contribution in [1.29, 1.82) is 0 Å². The van der Waals surface area contributed by atoms with Gasteiger partial charge in [-0.2, -0.15) is 0 Å². The highest BCUT2D eigenvalue weighted by Crippen LogP contribution is 2.31. The van der Waals surface area contributed by atoms with Crippen molar-refractivity contribution >= 4 is 5.69 Å². The molecule has 0 aromatic heterocycles. The average molecular weight is 208 g/mol. The second kappa shape index (κ2) is 3.86. The summed E-state index contributed by atoms with van der Waals surface area (Å²) in [4.78, 5) is 1.88. The zero-order chi connectivity index (χ0) is 13.5. The van der Waals surface area contributed by atoms with E-state index in [2.05, 4.69) is 0 Å². The molecule has 0 radical (unpaired) electrons. The highest BCUT2D eigenvalue weighted by Gasteiger charge is 2.34. The molecule has 2 nitrogen and oxygen atoms in total. The lowest BCUT2D eigenvalue weighted by molar-refractivity contribution is 0.0648. The molecule has 0 bridgehead atoms. The second-order valence-electron chi connectivity index (χ2n) is 4.13. The summed E-state index contributed by atoms with van der Waals surface area (Å²) in [7, 11) is 0. The molecule has 82 valence electrons. The van der Waals surface area contributed by atoms with Gasteiger partial charge in [-0.3, -0.25) is 0 Å². The molecule has 1 fully saturated rings. The molecular formula is C13H19NO. The van der Waals surface area contributed by atoms with Crippen molar-refractivity contribution in [3.05, 3.63) is 29.8 Å². The summed E-state index contributed by atoms with van der Waals surface area (Å²) in [5.74, 6) is 0. The van der Waals surface area contributed by atoms with Gasteiger partial charge in [0.15, 0.2) is 0 Å². The number of benzene rings is 1. The van der Waals surface area contributed by atoms with Crippen LogP contribution < -0.4 is 4.90 Å². The number of aryl methyl sites for hydroxylation is 1. The predicted molar refractivity (Wildman–Crippen MR) is 63.1 cm³/mol. The molecule has 1 saturated heterocycles. The first kappa shape index (κ1) is 7.29. The summed E-state index contributed by atoms with van der Waals surface area (Å²) >= 11 is 0. The maximum atomic E-state index is 7.63. The molecule has 0 spiro atoms. The topological polar surface area (TPSA) is 12.5 Å². The summed E-state index contributed by atoms with van der Waals surface area (Å²) in [5, 5.41) is 0. The van der Waals surface area contributed by atoms with Crippen LogP contribution in [0.5, 0.6) is 0 Å². The molecule has 1 aliphatic heterocycles. The lowest BCUT2D eigenvalue weighted by Crippen LogP contribution is -2.35. The molecule has 0 amide bonds. The maximum absolute atomic E-state index is 7.63. The predicted octanol–water partition coefficient (Wildman–Crippen LogP) is 2.95. The van der Waals surface area contributed by atoms with Gasteiger partial charge in [0.25, 0.3) is 0 Å². The number of anilines is 1. The summed E-state index contributed by atoms with van der Waals surface area (Å²) in [6.45, 7) is 3.77. The van der Waals surface area contributed by atoms with Crippen LogP contribution in [0.15, 0.2) is 24.3 Å². The van der Waals surface area contributed by atoms with E-state index in [1.807, 2.05) is 49.9 Å². The van der Waals surface area contributed by atoms with E-state index >= 15 is 0 Å². The summed E-state index contributed by atoms with van der Waals surface area (Å²) in [6, 6.07) is 7.87. The molecule has 1 aliphatic rings. The number of nitrogens with zero attached hydrogens (tertiary/aromatic N) is 1. The van der Waals surface area contributed by atoms with Crippen molar-refractivity contribution in [3.8, 4) is 0 Å². The van der Waals surface area contributed by atoms with Crippen LogP contribution in [0.3, 0.4) is 0 Å². The highest BCUT2D eigenvalue weighted by atomic mass is 16.5. The molecule has 0 N–H and O–H groups in total. The van der Waals surface area contributed by atoms with E-state index in [9.17, 15) is 0 Å². The van der Waals surface area contributed by atoms with Gasteiger partial charge in [0.1, 0.15) is 6.23 Å². The van der Waals surface area contributed by atoms with Crippen molar-refractivity contribution in [2.75, 3.05) is 4.90 Å². The fourth-order valence-electron chi connectivity index (χ4n) is 2.02. The van der Waals surface area contributed by atoms with Crippen LogP contribution in [0.25, 0.3) is 0 Å². The van der Waals surface area contributed by atoms with Crippen LogP contribution >= 0.6 is 0 Å². The lowest BCUT2D eigenvalue weighted by Gasteiger charge is -2.28. The van der Waals surface area contributed by atoms with Crippen LogP contribution in [0.2, 0.25) is 0 Å². The van der Waals surface area contributed by atoms with Crippen molar-refractivity contribution in [2.24, 2.45) is 0 Å². The van der Waals surface area contributed by atoms with E-state index in [0.717, 1.165) is 11.3 Å². The Kier molecular flexibility index (Phi) is 1.87. The lowest BCUT2D eigenvalue weighted by atomic mass is 10.1. The molecule has 3 atom stereocenters. The van der Waals surface area contributed by atoms with Crippen molar-refractivity contribution in [3.63, 3.8) is 0 Å². The van der Waals surface area contributed by atoms with Gasteiger partial charge in [-0.15, -0.1) is 0 Å². The van der Waals surface area contributed by atoms with Crippen LogP contribution in [0, 0.1) is 6.92 Å². The largest absolute Gasteiger partial charge is 0.354 e. The number of rotatable bonds is 1. The summed E-state index contributed by atoms with van der Waals surface area (Å²) in [5.41, 5.74) is 2.01. The van der Waals surface area contributed by atoms with E-state index in [1.165, 1.54) is 0 Å². The molecule has 2 rings (SSSR count). The van der Waals surface area contributed by atoms with Crippen LogP contribution in [-0.4, -0.2) is 18.4 Å². The first-order valence-electron chi connectivity index (χ1n) is 6.82. The summed E-state index contributed by atoms with van der Waals surface area (Å²) < 4.78 is 28.5. The van der Waals surface area contributed by atoms with Gasteiger partial charge in [0, 0.05) is 9.80 Å². The molecule has 0 aliphatic carbocycles. The molecule has 0 saturated carbocycles. The van der Waals surface area contributed by atoms with E-state index in [4.69, 9.17) is 8.85 Å². The number of hydrogen-bond donors (Lipinski definition) is 0. The number of ether oxygens (including phenoxy) is 1. The zero-order valence-electron chi connectivity index (χ0n) is 12.4. The molecule has 2 unspecified atom stereocenters. The quantitative estimate of drug-likeness (QED) is 0.703. The van der Waals surface area contributed by atoms with Gasteiger partial charge < -0.3 is 9.64 Å². The standard InChI is InChI=1S/C13H19NO/c1-9-7-5-6-8-13(9)14-10(2)11(3)15-12(14)4/h5-8,10-12H,1-4H3/t10-,11?,12?/m0/s1/i4D3. The van der Waals surface area contributed by atoms with Crippen LogP contribution in [0.4, 0.5) is 5.69 Å². The molecule has 1 aromatic carbocycles. The Morgan fingerprint density at radius 3 is 2.73 bits per heavy atom. The number of para-hydroxylation sites is 1. The Hall–Kier alpha value is -1.02. The third-order valence-electron chi connectivity index (χ3n) is 3.11. The van der Waals surface area contributed by atoms with E-state index in [-0.39, 0.29) is 12.1 Å². The number of hydrogen-bond acceptors (Lipinski definition) is 2. The third kappa shape index (κ3) is 1.74. The molecule has 15 heavy (non-hydrogen) atoms. The van der Waals surface area contributed by atoms with Gasteiger partial charge in [0.2, 0.25) is 0 Å². The van der Waals surface area contributed by atoms with Gasteiger partial charge in [0.05, 0.1) is 12.1 Å². The molecular weight excluding hydrogens is 186 g/mol. The van der Waals surface area contributed by atoms with Crippen LogP contribution in [0.1, 0.15) is 30.4 Å². The smallest absolute Gasteiger partial charge is 0.128 e. The minimum absolute atomic E-state index is 0.0523. The normalized spacial score (nSPS) is 34.7. The van der Waals surface area contributed by atoms with Crippen molar-refractivity contribution < 1.29 is 8.85 Å². The van der Waals surface area contributed by atoms with Crippen molar-refractivity contribution in [1.82, 2.24) is 0 Å². The monoisotopic (exact) mass is 208 g/mol. The fraction of sp³-hybridized carbons (Fsp3) is 0.538. The van der Waals surface area contributed by atoms with E-state index < -0.39 is 13.1 Å². The fourth-order valence-corrected chi connectivity index (χ4v) is 2.02. The molecule has 1 aromatic rings. The SMILES string of the molecule is [2H]C([2H])([2H])C1OC(C)[C@H](C)N1c1ccccc1C. The Labute approximate surface area is 96.1 Å². The minimum Gasteiger partial charge on any atom is -0.354 e. The van der Waals surface area contributed by atoms with Gasteiger partial charge >= 0.3 is 0 Å². The van der Waals surface area contributed by atoms with Crippen molar-refractivity contribution in [2.45, 2.75) is 46.0 Å². The average Bonchev–Trinajstić information content (AvgIpc) is 2.57.